The van der Waals surface area contributed by atoms with Gasteiger partial charge in [0.1, 0.15) is 0 Å². The fourth-order valence-corrected chi connectivity index (χ4v) is 3.42. The van der Waals surface area contributed by atoms with Crippen LogP contribution >= 0.6 is 0 Å². The van der Waals surface area contributed by atoms with Crippen LogP contribution in [-0.2, 0) is 0 Å². The van der Waals surface area contributed by atoms with Crippen molar-refractivity contribution in [3.63, 3.8) is 0 Å². The summed E-state index contributed by atoms with van der Waals surface area (Å²) >= 11 is 0. The third-order valence-corrected chi connectivity index (χ3v) is 4.69. The minimum absolute atomic E-state index is 0.0135. The number of hydrogen-bond acceptors (Lipinski definition) is 1. The number of hydrogen-bond donors (Lipinski definition) is 1. The molecule has 0 bridgehead atoms. The fraction of sp³-hybridized carbons (Fsp3) is 1.00. The number of halogens is 2. The summed E-state index contributed by atoms with van der Waals surface area (Å²) in [4.78, 5) is 0. The van der Waals surface area contributed by atoms with Crippen LogP contribution in [0.2, 0.25) is 0 Å². The van der Waals surface area contributed by atoms with Crippen molar-refractivity contribution >= 4 is 0 Å². The molecule has 2 aliphatic rings. The summed E-state index contributed by atoms with van der Waals surface area (Å²) in [6.07, 6.45) is 4.39. The van der Waals surface area contributed by atoms with Gasteiger partial charge in [-0.05, 0) is 43.4 Å². The van der Waals surface area contributed by atoms with E-state index in [0.29, 0.717) is 24.2 Å². The van der Waals surface area contributed by atoms with Gasteiger partial charge < -0.3 is 5.73 Å². The van der Waals surface area contributed by atoms with Gasteiger partial charge in [-0.25, -0.2) is 8.78 Å². The maximum absolute atomic E-state index is 13.1. The van der Waals surface area contributed by atoms with E-state index in [1.54, 1.807) is 0 Å². The van der Waals surface area contributed by atoms with Crippen molar-refractivity contribution in [1.29, 1.82) is 0 Å². The third-order valence-electron chi connectivity index (χ3n) is 4.69. The Kier molecular flexibility index (Phi) is 2.81. The topological polar surface area (TPSA) is 26.0 Å². The van der Waals surface area contributed by atoms with Gasteiger partial charge in [-0.15, -0.1) is 0 Å². The van der Waals surface area contributed by atoms with E-state index < -0.39 is 5.92 Å². The smallest absolute Gasteiger partial charge is 0.248 e. The molecule has 0 aromatic rings. The summed E-state index contributed by atoms with van der Waals surface area (Å²) in [5, 5.41) is 0. The average Bonchev–Trinajstić information content (AvgIpc) is 2.53. The van der Waals surface area contributed by atoms with Crippen molar-refractivity contribution in [2.24, 2.45) is 17.1 Å². The Balaban J connectivity index is 2.00. The van der Waals surface area contributed by atoms with Crippen LogP contribution in [0.4, 0.5) is 8.78 Å². The first-order chi connectivity index (χ1) is 7.23. The van der Waals surface area contributed by atoms with Crippen LogP contribution in [0.5, 0.6) is 0 Å². The molecule has 2 aliphatic carbocycles. The lowest BCUT2D eigenvalue weighted by molar-refractivity contribution is -0.0587. The second-order valence-corrected chi connectivity index (χ2v) is 6.69. The van der Waals surface area contributed by atoms with Crippen molar-refractivity contribution in [2.45, 2.75) is 70.3 Å². The van der Waals surface area contributed by atoms with E-state index in [4.69, 9.17) is 5.73 Å². The summed E-state index contributed by atoms with van der Waals surface area (Å²) in [6, 6.07) is 0. The Morgan fingerprint density at radius 1 is 1.00 bits per heavy atom. The molecule has 0 radical (unpaired) electrons. The average molecular weight is 231 g/mol. The molecule has 1 nitrogen and oxygen atoms in total. The minimum atomic E-state index is -2.46. The second-order valence-electron chi connectivity index (χ2n) is 6.69. The highest BCUT2D eigenvalue weighted by atomic mass is 19.3. The second kappa shape index (κ2) is 3.66. The zero-order valence-corrected chi connectivity index (χ0v) is 10.4. The Labute approximate surface area is 96.8 Å². The zero-order chi connectivity index (χ0) is 12.0. The van der Waals surface area contributed by atoms with Gasteiger partial charge in [0.15, 0.2) is 0 Å². The van der Waals surface area contributed by atoms with Gasteiger partial charge in [0.2, 0.25) is 5.92 Å². The molecule has 2 saturated carbocycles. The largest absolute Gasteiger partial charge is 0.325 e. The Bertz CT molecular complexity index is 263. The molecule has 94 valence electrons. The first kappa shape index (κ1) is 12.3. The lowest BCUT2D eigenvalue weighted by Gasteiger charge is -2.42. The first-order valence-electron chi connectivity index (χ1n) is 6.39. The summed E-state index contributed by atoms with van der Waals surface area (Å²) in [5.74, 6) is -2.00. The van der Waals surface area contributed by atoms with E-state index in [9.17, 15) is 8.78 Å². The Hall–Kier alpha value is -0.180. The van der Waals surface area contributed by atoms with Crippen LogP contribution < -0.4 is 5.73 Å². The van der Waals surface area contributed by atoms with Gasteiger partial charge in [-0.1, -0.05) is 13.8 Å². The molecular formula is C13H23F2N. The molecule has 2 fully saturated rings. The normalized spacial score (nSPS) is 36.2. The van der Waals surface area contributed by atoms with Crippen LogP contribution in [0.1, 0.15) is 58.8 Å². The maximum Gasteiger partial charge on any atom is 0.248 e. The van der Waals surface area contributed by atoms with E-state index >= 15 is 0 Å². The quantitative estimate of drug-likeness (QED) is 0.731. The highest BCUT2D eigenvalue weighted by Gasteiger charge is 2.48. The van der Waals surface area contributed by atoms with Gasteiger partial charge in [0.25, 0.3) is 0 Å². The van der Waals surface area contributed by atoms with Crippen molar-refractivity contribution in [3.05, 3.63) is 0 Å². The van der Waals surface area contributed by atoms with E-state index in [2.05, 4.69) is 13.8 Å². The van der Waals surface area contributed by atoms with Crippen LogP contribution in [0.3, 0.4) is 0 Å². The highest BCUT2D eigenvalue weighted by Crippen LogP contribution is 2.50. The number of nitrogens with two attached hydrogens (primary N) is 1. The predicted molar refractivity (Wildman–Crippen MR) is 61.5 cm³/mol. The Morgan fingerprint density at radius 3 is 2.00 bits per heavy atom. The maximum atomic E-state index is 13.1. The molecular weight excluding hydrogens is 208 g/mol. The minimum Gasteiger partial charge on any atom is -0.325 e. The molecule has 0 spiro atoms. The summed E-state index contributed by atoms with van der Waals surface area (Å²) in [6.45, 7) is 4.52. The first-order valence-corrected chi connectivity index (χ1v) is 6.39. The molecule has 0 aromatic heterocycles. The molecule has 0 saturated heterocycles. The Morgan fingerprint density at radius 2 is 1.56 bits per heavy atom. The standard InChI is InChI=1S/C13H23F2N/c1-11(2)4-3-10(9-11)12(16)5-7-13(14,15)8-6-12/h10H,3-9,16H2,1-2H3. The van der Waals surface area contributed by atoms with Crippen molar-refractivity contribution in [2.75, 3.05) is 0 Å². The molecule has 2 rings (SSSR count). The molecule has 0 aromatic carbocycles. The van der Waals surface area contributed by atoms with Gasteiger partial charge in [0, 0.05) is 18.4 Å². The van der Waals surface area contributed by atoms with Crippen molar-refractivity contribution in [1.82, 2.24) is 0 Å². The summed E-state index contributed by atoms with van der Waals surface area (Å²) in [5.41, 5.74) is 6.42. The predicted octanol–water partition coefficient (Wildman–Crippen LogP) is 3.72. The van der Waals surface area contributed by atoms with Gasteiger partial charge in [0.05, 0.1) is 0 Å². The van der Waals surface area contributed by atoms with Gasteiger partial charge in [-0.3, -0.25) is 0 Å². The van der Waals surface area contributed by atoms with E-state index in [0.717, 1.165) is 12.8 Å². The van der Waals surface area contributed by atoms with E-state index in [1.165, 1.54) is 6.42 Å². The van der Waals surface area contributed by atoms with Gasteiger partial charge >= 0.3 is 0 Å². The molecule has 16 heavy (non-hydrogen) atoms. The zero-order valence-electron chi connectivity index (χ0n) is 10.4. The SMILES string of the molecule is CC1(C)CCC(C2(N)CCC(F)(F)CC2)C1. The van der Waals surface area contributed by atoms with Crippen LogP contribution in [0.25, 0.3) is 0 Å². The van der Waals surface area contributed by atoms with Crippen molar-refractivity contribution in [3.8, 4) is 0 Å². The number of rotatable bonds is 1. The summed E-state index contributed by atoms with van der Waals surface area (Å²) in [7, 11) is 0. The molecule has 1 unspecified atom stereocenters. The van der Waals surface area contributed by atoms with Crippen LogP contribution in [0, 0.1) is 11.3 Å². The molecule has 2 N–H and O–H groups in total. The highest BCUT2D eigenvalue weighted by molar-refractivity contribution is 5.01. The summed E-state index contributed by atoms with van der Waals surface area (Å²) < 4.78 is 26.3. The molecule has 0 heterocycles. The molecule has 1 atom stereocenters. The third kappa shape index (κ3) is 2.39. The number of alkyl halides is 2. The lowest BCUT2D eigenvalue weighted by atomic mass is 9.71. The lowest BCUT2D eigenvalue weighted by Crippen LogP contribution is -2.51. The monoisotopic (exact) mass is 231 g/mol. The van der Waals surface area contributed by atoms with Crippen LogP contribution in [-0.4, -0.2) is 11.5 Å². The van der Waals surface area contributed by atoms with Crippen molar-refractivity contribution < 1.29 is 8.78 Å². The molecule has 0 amide bonds. The van der Waals surface area contributed by atoms with E-state index in [1.807, 2.05) is 0 Å². The fourth-order valence-electron chi connectivity index (χ4n) is 3.42. The van der Waals surface area contributed by atoms with Gasteiger partial charge in [-0.2, -0.15) is 0 Å². The molecule has 3 heteroatoms. The molecule has 0 aliphatic heterocycles. The van der Waals surface area contributed by atoms with E-state index in [-0.39, 0.29) is 18.4 Å². The van der Waals surface area contributed by atoms with Crippen LogP contribution in [0.15, 0.2) is 0 Å².